The molecule has 0 atom stereocenters. The van der Waals surface area contributed by atoms with Gasteiger partial charge in [-0.05, 0) is 40.0 Å². The molecule has 0 radical (unpaired) electrons. The molecule has 0 N–H and O–H groups in total. The lowest BCUT2D eigenvalue weighted by Crippen LogP contribution is -2.43. The second kappa shape index (κ2) is 6.81. The van der Waals surface area contributed by atoms with E-state index in [0.717, 1.165) is 25.9 Å². The highest BCUT2D eigenvalue weighted by Crippen LogP contribution is 2.06. The quantitative estimate of drug-likeness (QED) is 0.678. The van der Waals surface area contributed by atoms with E-state index in [1.165, 1.54) is 0 Å². The van der Waals surface area contributed by atoms with Gasteiger partial charge < -0.3 is 9.62 Å². The van der Waals surface area contributed by atoms with Crippen molar-refractivity contribution in [2.45, 2.75) is 12.8 Å². The first-order chi connectivity index (χ1) is 8.77. The molecule has 18 heavy (non-hydrogen) atoms. The average molecular weight is 240 g/mol. The van der Waals surface area contributed by atoms with E-state index in [9.17, 15) is 0 Å². The first-order valence-electron chi connectivity index (χ1n) is 6.84. The van der Waals surface area contributed by atoms with Crippen LogP contribution in [0.3, 0.4) is 0 Å². The van der Waals surface area contributed by atoms with Crippen molar-refractivity contribution >= 4 is 13.7 Å². The number of allylic oxidation sites excluding steroid dienone is 4. The Morgan fingerprint density at radius 1 is 0.722 bits per heavy atom. The topological polar surface area (TPSA) is 6.48 Å². The molecule has 94 valence electrons. The summed E-state index contributed by atoms with van der Waals surface area (Å²) in [5.74, 6) is 9.17. The van der Waals surface area contributed by atoms with E-state index in [1.807, 2.05) is 0 Å². The minimum Gasteiger partial charge on any atom is -0.337 e. The van der Waals surface area contributed by atoms with E-state index >= 15 is 0 Å². The smallest absolute Gasteiger partial charge is 0.276 e. The summed E-state index contributed by atoms with van der Waals surface area (Å²) in [5.41, 5.74) is 0. The molecule has 0 unspecified atom stereocenters. The van der Waals surface area contributed by atoms with Gasteiger partial charge in [-0.2, -0.15) is 0 Å². The van der Waals surface area contributed by atoms with Crippen LogP contribution in [0.25, 0.3) is 0 Å². The Labute approximate surface area is 112 Å². The largest absolute Gasteiger partial charge is 0.337 e. The molecular formula is C14H22B2N2. The van der Waals surface area contributed by atoms with Gasteiger partial charge in [0.15, 0.2) is 0 Å². The lowest BCUT2D eigenvalue weighted by atomic mass is 9.57. The molecule has 2 aliphatic rings. The zero-order chi connectivity index (χ0) is 12.8. The fraction of sp³-hybridized carbons (Fsp3) is 0.429. The van der Waals surface area contributed by atoms with Crippen molar-refractivity contribution in [1.29, 1.82) is 0 Å². The molecule has 0 bridgehead atoms. The third-order valence-electron chi connectivity index (χ3n) is 3.70. The highest BCUT2D eigenvalue weighted by atomic mass is 15.1. The Bertz CT molecular complexity index is 314. The molecule has 2 rings (SSSR count). The maximum atomic E-state index is 2.40. The lowest BCUT2D eigenvalue weighted by molar-refractivity contribution is 0.434. The van der Waals surface area contributed by atoms with Gasteiger partial charge in [0.2, 0.25) is 0 Å². The molecule has 0 aromatic rings. The van der Waals surface area contributed by atoms with Gasteiger partial charge >= 0.3 is 0 Å². The lowest BCUT2D eigenvalue weighted by Gasteiger charge is -2.27. The van der Waals surface area contributed by atoms with Gasteiger partial charge in [-0.25, -0.2) is 0 Å². The van der Waals surface area contributed by atoms with Crippen molar-refractivity contribution in [1.82, 2.24) is 9.62 Å². The summed E-state index contributed by atoms with van der Waals surface area (Å²) in [6.45, 7) is 3.14. The summed E-state index contributed by atoms with van der Waals surface area (Å²) in [5, 5.41) is 0. The molecule has 0 saturated carbocycles. The van der Waals surface area contributed by atoms with Crippen LogP contribution in [0.1, 0.15) is 12.8 Å². The fourth-order valence-corrected chi connectivity index (χ4v) is 2.36. The van der Waals surface area contributed by atoms with Crippen LogP contribution in [0.4, 0.5) is 0 Å². The van der Waals surface area contributed by atoms with Gasteiger partial charge in [-0.1, -0.05) is 48.2 Å². The molecule has 0 amide bonds. The highest BCUT2D eigenvalue weighted by Gasteiger charge is 2.18. The third kappa shape index (κ3) is 3.76. The van der Waals surface area contributed by atoms with Gasteiger partial charge in [-0.3, -0.25) is 0 Å². The first-order valence-corrected chi connectivity index (χ1v) is 6.84. The summed E-state index contributed by atoms with van der Waals surface area (Å²) >= 11 is 0. The maximum absolute atomic E-state index is 2.40. The standard InChI is InChI=1S/C14H22B2N2/c1-17(15-9-5-3-6-10-15)13-14-18(2)16-11-7-4-8-12-16/h5-12H,3-4,13-14H2,1-2H3. The molecule has 2 aliphatic heterocycles. The second-order valence-corrected chi connectivity index (χ2v) is 5.13. The van der Waals surface area contributed by atoms with Gasteiger partial charge in [0.1, 0.15) is 0 Å². The number of hydrogen-bond acceptors (Lipinski definition) is 2. The second-order valence-electron chi connectivity index (χ2n) is 5.13. The first kappa shape index (κ1) is 13.4. The third-order valence-corrected chi connectivity index (χ3v) is 3.70. The van der Waals surface area contributed by atoms with Crippen molar-refractivity contribution in [3.05, 3.63) is 48.2 Å². The Morgan fingerprint density at radius 2 is 1.06 bits per heavy atom. The van der Waals surface area contributed by atoms with Crippen LogP contribution in [0.15, 0.2) is 48.2 Å². The predicted octanol–water partition coefficient (Wildman–Crippen LogP) is 2.02. The van der Waals surface area contributed by atoms with Crippen molar-refractivity contribution in [3.8, 4) is 0 Å². The highest BCUT2D eigenvalue weighted by molar-refractivity contribution is 6.67. The summed E-state index contributed by atoms with van der Waals surface area (Å²) in [6.07, 6.45) is 11.2. The number of rotatable bonds is 5. The fourth-order valence-electron chi connectivity index (χ4n) is 2.36. The monoisotopic (exact) mass is 240 g/mol. The Morgan fingerprint density at radius 3 is 1.39 bits per heavy atom. The van der Waals surface area contributed by atoms with Crippen molar-refractivity contribution in [3.63, 3.8) is 0 Å². The molecule has 4 heteroatoms. The maximum Gasteiger partial charge on any atom is 0.276 e. The zero-order valence-electron chi connectivity index (χ0n) is 11.5. The molecule has 0 spiro atoms. The van der Waals surface area contributed by atoms with Gasteiger partial charge in [0, 0.05) is 0 Å². The normalized spacial score (nSPS) is 18.4. The molecule has 0 aromatic heterocycles. The molecule has 0 saturated heterocycles. The Balaban J connectivity index is 1.76. The average Bonchev–Trinajstić information content (AvgIpc) is 2.46. The van der Waals surface area contributed by atoms with Crippen molar-refractivity contribution < 1.29 is 0 Å². The van der Waals surface area contributed by atoms with E-state index in [1.54, 1.807) is 0 Å². The van der Waals surface area contributed by atoms with Crippen LogP contribution in [0.2, 0.25) is 0 Å². The van der Waals surface area contributed by atoms with Crippen LogP contribution in [0, 0.1) is 0 Å². The van der Waals surface area contributed by atoms with E-state index < -0.39 is 0 Å². The molecule has 2 nitrogen and oxygen atoms in total. The SMILES string of the molecule is CN(CCN(C)B1C=CCC=C1)B1C=CCC=C1. The molecule has 0 aliphatic carbocycles. The number of hydrogen-bond donors (Lipinski definition) is 0. The minimum absolute atomic E-state index is 0.476. The number of likely N-dealkylation sites (N-methyl/N-ethyl adjacent to an activating group) is 2. The summed E-state index contributed by atoms with van der Waals surface area (Å²) in [7, 11) is 4.40. The summed E-state index contributed by atoms with van der Waals surface area (Å²) < 4.78 is 0. The van der Waals surface area contributed by atoms with Crippen molar-refractivity contribution in [2.24, 2.45) is 0 Å². The van der Waals surface area contributed by atoms with Gasteiger partial charge in [0.05, 0.1) is 0 Å². The number of nitrogens with zero attached hydrogens (tertiary/aromatic N) is 2. The summed E-state index contributed by atoms with van der Waals surface area (Å²) in [6, 6.07) is 0. The summed E-state index contributed by atoms with van der Waals surface area (Å²) in [4.78, 5) is 4.80. The van der Waals surface area contributed by atoms with E-state index in [-0.39, 0.29) is 0 Å². The van der Waals surface area contributed by atoms with Crippen LogP contribution >= 0.6 is 0 Å². The molecule has 0 aromatic carbocycles. The van der Waals surface area contributed by atoms with Crippen molar-refractivity contribution in [2.75, 3.05) is 27.2 Å². The molecule has 2 heterocycles. The van der Waals surface area contributed by atoms with E-state index in [2.05, 4.69) is 71.9 Å². The van der Waals surface area contributed by atoms with Gasteiger partial charge in [0.25, 0.3) is 13.7 Å². The van der Waals surface area contributed by atoms with E-state index in [4.69, 9.17) is 0 Å². The molecular weight excluding hydrogens is 218 g/mol. The van der Waals surface area contributed by atoms with Crippen LogP contribution in [0.5, 0.6) is 0 Å². The van der Waals surface area contributed by atoms with Crippen LogP contribution in [-0.2, 0) is 0 Å². The zero-order valence-corrected chi connectivity index (χ0v) is 11.5. The van der Waals surface area contributed by atoms with Gasteiger partial charge in [-0.15, -0.1) is 0 Å². The predicted molar refractivity (Wildman–Crippen MR) is 82.6 cm³/mol. The molecule has 0 fully saturated rings. The Hall–Kier alpha value is -0.990. The minimum atomic E-state index is 0.476. The van der Waals surface area contributed by atoms with Crippen LogP contribution in [-0.4, -0.2) is 50.5 Å². The Kier molecular flexibility index (Phi) is 5.09. The van der Waals surface area contributed by atoms with E-state index in [0.29, 0.717) is 13.7 Å². The van der Waals surface area contributed by atoms with Crippen LogP contribution < -0.4 is 0 Å².